The molecule has 0 fully saturated rings. The Morgan fingerprint density at radius 3 is 2.00 bits per heavy atom. The summed E-state index contributed by atoms with van der Waals surface area (Å²) >= 11 is 3.08. The van der Waals surface area contributed by atoms with Crippen LogP contribution in [-0.2, 0) is 18.5 Å². The predicted octanol–water partition coefficient (Wildman–Crippen LogP) is 7.13. The highest BCUT2D eigenvalue weighted by molar-refractivity contribution is 8.14. The minimum atomic E-state index is -0.357. The fourth-order valence-electron chi connectivity index (χ4n) is 4.19. The molecule has 1 atom stereocenters. The van der Waals surface area contributed by atoms with Crippen LogP contribution in [0.2, 0.25) is 0 Å². The Kier molecular flexibility index (Phi) is 8.60. The summed E-state index contributed by atoms with van der Waals surface area (Å²) in [5.74, 6) is 0.777. The van der Waals surface area contributed by atoms with E-state index in [1.807, 2.05) is 59.6 Å². The maximum atomic E-state index is 11.0. The monoisotopic (exact) mass is 600 g/mol. The van der Waals surface area contributed by atoms with E-state index >= 15 is 0 Å². The summed E-state index contributed by atoms with van der Waals surface area (Å²) in [6.07, 6.45) is 3.58. The van der Waals surface area contributed by atoms with Gasteiger partial charge in [-0.3, -0.25) is 9.97 Å². The molecule has 4 heterocycles. The number of hydrogen-bond acceptors (Lipinski definition) is 9. The van der Waals surface area contributed by atoms with Gasteiger partial charge in [-0.05, 0) is 30.3 Å². The lowest BCUT2D eigenvalue weighted by Gasteiger charge is -2.32. The smallest absolute Gasteiger partial charge is 0.234 e. The van der Waals surface area contributed by atoms with Crippen LogP contribution in [-0.4, -0.2) is 46.2 Å². The Balaban J connectivity index is 1.69. The number of hydrogen-bond donors (Lipinski definition) is 1. The third kappa shape index (κ3) is 6.96. The molecule has 0 amide bonds. The lowest BCUT2D eigenvalue weighted by molar-refractivity contribution is 0.300. The van der Waals surface area contributed by atoms with Crippen LogP contribution in [0.3, 0.4) is 0 Å². The summed E-state index contributed by atoms with van der Waals surface area (Å²) in [7, 11) is 0. The molecule has 218 valence electrons. The van der Waals surface area contributed by atoms with Gasteiger partial charge in [-0.25, -0.2) is 5.01 Å². The molecule has 5 rings (SSSR count). The highest BCUT2D eigenvalue weighted by atomic mass is 32.2. The van der Waals surface area contributed by atoms with Crippen molar-refractivity contribution in [2.45, 2.75) is 65.4 Å². The molecular weight excluding hydrogens is 565 g/mol. The van der Waals surface area contributed by atoms with E-state index in [1.54, 1.807) is 30.2 Å². The molecule has 1 unspecified atom stereocenters. The molecule has 1 aromatic carbocycles. The van der Waals surface area contributed by atoms with Gasteiger partial charge in [0.15, 0.2) is 0 Å². The molecule has 0 bridgehead atoms. The molecule has 4 aromatic rings. The van der Waals surface area contributed by atoms with E-state index in [9.17, 15) is 5.11 Å². The predicted molar refractivity (Wildman–Crippen MR) is 171 cm³/mol. The van der Waals surface area contributed by atoms with Crippen molar-refractivity contribution in [3.05, 3.63) is 95.0 Å². The number of pyridine rings is 2. The summed E-state index contributed by atoms with van der Waals surface area (Å²) < 4.78 is 0. The van der Waals surface area contributed by atoms with Gasteiger partial charge in [0.25, 0.3) is 0 Å². The molecule has 1 aliphatic rings. The summed E-state index contributed by atoms with van der Waals surface area (Å²) in [6, 6.07) is 19.2. The fraction of sp³-hybridized carbons (Fsp3) is 0.355. The molecule has 9 nitrogen and oxygen atoms in total. The first-order valence-corrected chi connectivity index (χ1v) is 15.5. The van der Waals surface area contributed by atoms with Crippen molar-refractivity contribution in [2.75, 3.05) is 0 Å². The van der Waals surface area contributed by atoms with Crippen molar-refractivity contribution >= 4 is 39.2 Å². The van der Waals surface area contributed by atoms with Crippen LogP contribution in [0.4, 0.5) is 5.13 Å². The maximum absolute atomic E-state index is 11.0. The van der Waals surface area contributed by atoms with Gasteiger partial charge in [-0.1, -0.05) is 95.0 Å². The largest absolute Gasteiger partial charge is 0.508 e. The first-order valence-electron chi connectivity index (χ1n) is 13.8. The summed E-state index contributed by atoms with van der Waals surface area (Å²) in [5, 5.41) is 29.0. The van der Waals surface area contributed by atoms with Gasteiger partial charge in [0.1, 0.15) is 21.2 Å². The van der Waals surface area contributed by atoms with Crippen LogP contribution in [0.25, 0.3) is 0 Å². The van der Waals surface area contributed by atoms with Crippen molar-refractivity contribution in [2.24, 2.45) is 15.5 Å². The number of benzene rings is 1. The molecular formula is C31H36N8OS2. The van der Waals surface area contributed by atoms with Gasteiger partial charge < -0.3 is 10.0 Å². The second-order valence-corrected chi connectivity index (χ2v) is 14.1. The average Bonchev–Trinajstić information content (AvgIpc) is 3.61. The zero-order chi connectivity index (χ0) is 29.9. The van der Waals surface area contributed by atoms with Crippen molar-refractivity contribution in [1.82, 2.24) is 30.1 Å². The highest BCUT2D eigenvalue weighted by Crippen LogP contribution is 2.47. The molecule has 0 aliphatic carbocycles. The van der Waals surface area contributed by atoms with Crippen molar-refractivity contribution in [3.8, 4) is 5.75 Å². The molecule has 0 radical (unpaired) electrons. The summed E-state index contributed by atoms with van der Waals surface area (Å²) in [4.78, 5) is 16.5. The molecule has 3 aromatic heterocycles. The Morgan fingerprint density at radius 2 is 1.48 bits per heavy atom. The number of aromatic hydroxyl groups is 1. The molecule has 42 heavy (non-hydrogen) atoms. The van der Waals surface area contributed by atoms with Gasteiger partial charge in [0, 0.05) is 28.8 Å². The van der Waals surface area contributed by atoms with E-state index in [2.05, 4.69) is 66.6 Å². The van der Waals surface area contributed by atoms with Gasteiger partial charge in [0.2, 0.25) is 11.1 Å². The number of rotatable bonds is 6. The SMILES string of the molecule is CC(C)(C)C1=NN(/C(=N/c2nnc(C(C)(C)C)s2)N(Cc2ccccn2)Cc2ccccn2)C(c2ccccc2O)S1. The third-order valence-electron chi connectivity index (χ3n) is 6.39. The van der Waals surface area contributed by atoms with E-state index in [1.165, 1.54) is 11.3 Å². The average molecular weight is 601 g/mol. The van der Waals surface area contributed by atoms with E-state index in [4.69, 9.17) is 10.1 Å². The summed E-state index contributed by atoms with van der Waals surface area (Å²) in [5.41, 5.74) is 2.12. The zero-order valence-corrected chi connectivity index (χ0v) is 26.4. The Bertz CT molecular complexity index is 1520. The van der Waals surface area contributed by atoms with Crippen molar-refractivity contribution in [1.29, 1.82) is 0 Å². The number of nitrogens with zero attached hydrogens (tertiary/aromatic N) is 8. The van der Waals surface area contributed by atoms with Crippen LogP contribution in [0, 0.1) is 5.41 Å². The fourth-order valence-corrected chi connectivity index (χ4v) is 6.22. The Labute approximate surface area is 255 Å². The van der Waals surface area contributed by atoms with E-state index in [0.29, 0.717) is 24.2 Å². The third-order valence-corrected chi connectivity index (χ3v) is 9.22. The van der Waals surface area contributed by atoms with Crippen LogP contribution in [0.1, 0.15) is 68.9 Å². The van der Waals surface area contributed by atoms with Gasteiger partial charge >= 0.3 is 0 Å². The van der Waals surface area contributed by atoms with Crippen LogP contribution >= 0.6 is 23.1 Å². The van der Waals surface area contributed by atoms with Crippen molar-refractivity contribution < 1.29 is 5.11 Å². The number of para-hydroxylation sites is 1. The van der Waals surface area contributed by atoms with Crippen LogP contribution in [0.5, 0.6) is 5.75 Å². The van der Waals surface area contributed by atoms with E-state index < -0.39 is 0 Å². The Morgan fingerprint density at radius 1 is 0.857 bits per heavy atom. The molecule has 11 heteroatoms. The number of phenolic OH excluding ortho intramolecular Hbond substituents is 1. The number of hydrazone groups is 1. The Hall–Kier alpha value is -3.83. The lowest BCUT2D eigenvalue weighted by Crippen LogP contribution is -2.41. The topological polar surface area (TPSA) is 103 Å². The van der Waals surface area contributed by atoms with E-state index in [0.717, 1.165) is 27.0 Å². The number of aliphatic imine (C=N–C) groups is 1. The van der Waals surface area contributed by atoms with Crippen molar-refractivity contribution in [3.63, 3.8) is 0 Å². The highest BCUT2D eigenvalue weighted by Gasteiger charge is 2.40. The first kappa shape index (κ1) is 29.7. The number of guanidine groups is 1. The van der Waals surface area contributed by atoms with Gasteiger partial charge in [-0.15, -0.1) is 10.2 Å². The van der Waals surface area contributed by atoms with E-state index in [-0.39, 0.29) is 22.0 Å². The molecule has 0 saturated heterocycles. The molecule has 0 saturated carbocycles. The quantitative estimate of drug-likeness (QED) is 0.184. The van der Waals surface area contributed by atoms with Gasteiger partial charge in [0.05, 0.1) is 24.5 Å². The lowest BCUT2D eigenvalue weighted by atomic mass is 9.98. The van der Waals surface area contributed by atoms with Crippen LogP contribution < -0.4 is 0 Å². The maximum Gasteiger partial charge on any atom is 0.234 e. The zero-order valence-electron chi connectivity index (χ0n) is 24.8. The number of aromatic nitrogens is 4. The van der Waals surface area contributed by atoms with Crippen LogP contribution in [0.15, 0.2) is 83.2 Å². The standard InChI is InChI=1S/C31H36N8OS2/c1-30(2,3)26-35-36-28(42-26)34-29(38(19-21-13-9-11-17-32-21)20-22-14-10-12-18-33-22)39-25(23-15-7-8-16-24(23)40)41-27(37-39)31(4,5)6/h7-18,25,40H,19-20H2,1-6H3/b34-29+. The molecule has 0 spiro atoms. The minimum Gasteiger partial charge on any atom is -0.508 e. The molecule has 1 N–H and O–H groups in total. The number of phenols is 1. The van der Waals surface area contributed by atoms with Gasteiger partial charge in [-0.2, -0.15) is 10.1 Å². The summed E-state index contributed by atoms with van der Waals surface area (Å²) in [6.45, 7) is 13.7. The normalized spacial score (nSPS) is 16.0. The molecule has 1 aliphatic heterocycles. The first-order chi connectivity index (χ1) is 20.0. The number of thioether (sulfide) groups is 1. The minimum absolute atomic E-state index is 0.160. The second-order valence-electron chi connectivity index (χ2n) is 12.1. The second kappa shape index (κ2) is 12.2.